The van der Waals surface area contributed by atoms with Gasteiger partial charge in [-0.05, 0) is 56.1 Å². The highest BCUT2D eigenvalue weighted by molar-refractivity contribution is 7.92. The number of para-hydroxylation sites is 2. The quantitative estimate of drug-likeness (QED) is 0.591. The van der Waals surface area contributed by atoms with E-state index in [1.165, 1.54) is 24.8 Å². The number of ether oxygens (including phenoxy) is 1. The Morgan fingerprint density at radius 1 is 1.03 bits per heavy atom. The van der Waals surface area contributed by atoms with Crippen LogP contribution in [0.1, 0.15) is 37.3 Å². The van der Waals surface area contributed by atoms with E-state index in [4.69, 9.17) is 4.74 Å². The van der Waals surface area contributed by atoms with Crippen molar-refractivity contribution in [3.05, 3.63) is 59.7 Å². The van der Waals surface area contributed by atoms with Gasteiger partial charge in [-0.25, -0.2) is 8.42 Å². The zero-order valence-corrected chi connectivity index (χ0v) is 19.7. The molecular formula is C24H33N3O4S. The number of sulfonamides is 1. The summed E-state index contributed by atoms with van der Waals surface area (Å²) in [5, 5.41) is 2.83. The number of hydrogen-bond donors (Lipinski definition) is 1. The molecule has 174 valence electrons. The van der Waals surface area contributed by atoms with Crippen LogP contribution in [0.2, 0.25) is 0 Å². The molecule has 3 rings (SSSR count). The standard InChI is InChI=1S/C24H33N3O4S/c1-3-31-23-10-6-5-9-22(23)27(32(2,29)30)19-24(28)25-17-20-11-13-21(14-12-20)18-26-15-7-4-8-16-26/h5-6,9-14H,3-4,7-8,15-19H2,1-2H3,(H,25,28). The van der Waals surface area contributed by atoms with Crippen LogP contribution in [0, 0.1) is 0 Å². The molecule has 1 aliphatic heterocycles. The maximum absolute atomic E-state index is 12.6. The van der Waals surface area contributed by atoms with E-state index in [9.17, 15) is 13.2 Å². The Morgan fingerprint density at radius 2 is 1.69 bits per heavy atom. The molecular weight excluding hydrogens is 426 g/mol. The Hall–Kier alpha value is -2.58. The van der Waals surface area contributed by atoms with Crippen LogP contribution in [0.3, 0.4) is 0 Å². The molecule has 1 heterocycles. The lowest BCUT2D eigenvalue weighted by Gasteiger charge is -2.26. The molecule has 0 spiro atoms. The Balaban J connectivity index is 1.58. The molecule has 7 nitrogen and oxygen atoms in total. The molecule has 32 heavy (non-hydrogen) atoms. The van der Waals surface area contributed by atoms with Crippen LogP contribution in [0.25, 0.3) is 0 Å². The largest absolute Gasteiger partial charge is 0.492 e. The Bertz CT molecular complexity index is 987. The molecule has 0 aliphatic carbocycles. The van der Waals surface area contributed by atoms with Gasteiger partial charge < -0.3 is 10.1 Å². The number of hydrogen-bond acceptors (Lipinski definition) is 5. The lowest BCUT2D eigenvalue weighted by atomic mass is 10.1. The zero-order valence-electron chi connectivity index (χ0n) is 18.9. The highest BCUT2D eigenvalue weighted by Gasteiger charge is 2.23. The van der Waals surface area contributed by atoms with Gasteiger partial charge in [-0.3, -0.25) is 14.0 Å². The van der Waals surface area contributed by atoms with E-state index in [1.54, 1.807) is 24.3 Å². The number of rotatable bonds is 10. The monoisotopic (exact) mass is 459 g/mol. The fourth-order valence-electron chi connectivity index (χ4n) is 3.85. The van der Waals surface area contributed by atoms with Gasteiger partial charge in [-0.2, -0.15) is 0 Å². The van der Waals surface area contributed by atoms with Gasteiger partial charge >= 0.3 is 0 Å². The first-order valence-corrected chi connectivity index (χ1v) is 13.0. The third-order valence-corrected chi connectivity index (χ3v) is 6.62. The van der Waals surface area contributed by atoms with Crippen molar-refractivity contribution in [2.24, 2.45) is 0 Å². The number of benzene rings is 2. The second-order valence-electron chi connectivity index (χ2n) is 8.10. The van der Waals surface area contributed by atoms with Crippen molar-refractivity contribution in [1.82, 2.24) is 10.2 Å². The van der Waals surface area contributed by atoms with E-state index in [1.807, 2.05) is 19.1 Å². The van der Waals surface area contributed by atoms with Gasteiger partial charge in [0, 0.05) is 13.1 Å². The van der Waals surface area contributed by atoms with Crippen molar-refractivity contribution < 1.29 is 17.9 Å². The zero-order chi connectivity index (χ0) is 23.0. The fraction of sp³-hybridized carbons (Fsp3) is 0.458. The molecule has 0 unspecified atom stereocenters. The van der Waals surface area contributed by atoms with Crippen LogP contribution in [0.15, 0.2) is 48.5 Å². The van der Waals surface area contributed by atoms with Crippen LogP contribution in [-0.4, -0.2) is 51.7 Å². The number of carbonyl (C=O) groups is 1. The Labute approximate surface area is 191 Å². The number of amides is 1. The van der Waals surface area contributed by atoms with Crippen molar-refractivity contribution in [2.75, 3.05) is 36.8 Å². The maximum atomic E-state index is 12.6. The average Bonchev–Trinajstić information content (AvgIpc) is 2.78. The van der Waals surface area contributed by atoms with Crippen molar-refractivity contribution >= 4 is 21.6 Å². The van der Waals surface area contributed by atoms with Crippen LogP contribution in [0.5, 0.6) is 5.75 Å². The third-order valence-electron chi connectivity index (χ3n) is 5.49. The van der Waals surface area contributed by atoms with Crippen molar-refractivity contribution in [3.63, 3.8) is 0 Å². The van der Waals surface area contributed by atoms with Gasteiger partial charge in [0.1, 0.15) is 12.3 Å². The third kappa shape index (κ3) is 6.97. The smallest absolute Gasteiger partial charge is 0.241 e. The van der Waals surface area contributed by atoms with E-state index in [0.717, 1.165) is 35.8 Å². The lowest BCUT2D eigenvalue weighted by molar-refractivity contribution is -0.119. The molecule has 0 aromatic heterocycles. The van der Waals surface area contributed by atoms with E-state index >= 15 is 0 Å². The predicted molar refractivity (Wildman–Crippen MR) is 127 cm³/mol. The van der Waals surface area contributed by atoms with Crippen molar-refractivity contribution in [3.8, 4) is 5.75 Å². The van der Waals surface area contributed by atoms with Gasteiger partial charge in [-0.1, -0.05) is 42.8 Å². The van der Waals surface area contributed by atoms with E-state index < -0.39 is 10.0 Å². The number of carbonyl (C=O) groups excluding carboxylic acids is 1. The Kier molecular flexibility index (Phi) is 8.53. The molecule has 2 aromatic rings. The molecule has 0 bridgehead atoms. The van der Waals surface area contributed by atoms with Gasteiger partial charge in [0.15, 0.2) is 0 Å². The summed E-state index contributed by atoms with van der Waals surface area (Å²) >= 11 is 0. The average molecular weight is 460 g/mol. The summed E-state index contributed by atoms with van der Waals surface area (Å²) in [5.41, 5.74) is 2.59. The molecule has 1 aliphatic rings. The molecule has 2 aromatic carbocycles. The SMILES string of the molecule is CCOc1ccccc1N(CC(=O)NCc1ccc(CN2CCCCC2)cc1)S(C)(=O)=O. The molecule has 1 saturated heterocycles. The summed E-state index contributed by atoms with van der Waals surface area (Å²) in [7, 11) is -3.67. The van der Waals surface area contributed by atoms with Crippen molar-refractivity contribution in [2.45, 2.75) is 39.3 Å². The van der Waals surface area contributed by atoms with Crippen molar-refractivity contribution in [1.29, 1.82) is 0 Å². The summed E-state index contributed by atoms with van der Waals surface area (Å²) in [4.78, 5) is 15.1. The molecule has 1 fully saturated rings. The fourth-order valence-corrected chi connectivity index (χ4v) is 4.71. The molecule has 0 radical (unpaired) electrons. The van der Waals surface area contributed by atoms with Crippen LogP contribution in [-0.2, 0) is 27.9 Å². The summed E-state index contributed by atoms with van der Waals surface area (Å²) in [5.74, 6) is 0.0524. The van der Waals surface area contributed by atoms with Gasteiger partial charge in [0.05, 0.1) is 18.6 Å². The Morgan fingerprint density at radius 3 is 2.34 bits per heavy atom. The summed E-state index contributed by atoms with van der Waals surface area (Å²) in [6.07, 6.45) is 4.94. The second kappa shape index (κ2) is 11.3. The number of likely N-dealkylation sites (tertiary alicyclic amines) is 1. The first-order chi connectivity index (χ1) is 15.4. The number of nitrogens with zero attached hydrogens (tertiary/aromatic N) is 2. The van der Waals surface area contributed by atoms with Crippen LogP contribution in [0.4, 0.5) is 5.69 Å². The minimum absolute atomic E-state index is 0.310. The summed E-state index contributed by atoms with van der Waals surface area (Å²) in [6, 6.07) is 15.0. The van der Waals surface area contributed by atoms with Gasteiger partial charge in [0.2, 0.25) is 15.9 Å². The first-order valence-electron chi connectivity index (χ1n) is 11.1. The molecule has 0 saturated carbocycles. The number of piperidine rings is 1. The number of nitrogens with one attached hydrogen (secondary N) is 1. The molecule has 0 atom stereocenters. The van der Waals surface area contributed by atoms with Gasteiger partial charge in [0.25, 0.3) is 0 Å². The minimum Gasteiger partial charge on any atom is -0.492 e. The highest BCUT2D eigenvalue weighted by atomic mass is 32.2. The normalized spacial score (nSPS) is 14.7. The second-order valence-corrected chi connectivity index (χ2v) is 10.0. The predicted octanol–water partition coefficient (Wildman–Crippen LogP) is 3.15. The summed E-state index contributed by atoms with van der Waals surface area (Å²) in [6.45, 7) is 5.52. The van der Waals surface area contributed by atoms with Gasteiger partial charge in [-0.15, -0.1) is 0 Å². The van der Waals surface area contributed by atoms with Crippen LogP contribution < -0.4 is 14.4 Å². The summed E-state index contributed by atoms with van der Waals surface area (Å²) < 4.78 is 31.4. The maximum Gasteiger partial charge on any atom is 0.241 e. The van der Waals surface area contributed by atoms with E-state index in [-0.39, 0.29) is 12.5 Å². The van der Waals surface area contributed by atoms with Crippen LogP contribution >= 0.6 is 0 Å². The highest BCUT2D eigenvalue weighted by Crippen LogP contribution is 2.29. The first kappa shape index (κ1) is 24.1. The molecule has 1 amide bonds. The number of anilines is 1. The molecule has 1 N–H and O–H groups in total. The van der Waals surface area contributed by atoms with E-state index in [2.05, 4.69) is 22.3 Å². The minimum atomic E-state index is -3.67. The topological polar surface area (TPSA) is 79.0 Å². The lowest BCUT2D eigenvalue weighted by Crippen LogP contribution is -2.40. The molecule has 8 heteroatoms. The van der Waals surface area contributed by atoms with E-state index in [0.29, 0.717) is 24.6 Å².